The van der Waals surface area contributed by atoms with Gasteiger partial charge in [0.1, 0.15) is 11.5 Å². The Morgan fingerprint density at radius 1 is 1.11 bits per heavy atom. The van der Waals surface area contributed by atoms with Crippen LogP contribution in [0.2, 0.25) is 0 Å². The Hall–Kier alpha value is -3.54. The molecule has 4 rings (SSSR count). The first-order valence-electron chi connectivity index (χ1n) is 9.13. The van der Waals surface area contributed by atoms with Crippen molar-refractivity contribution in [3.8, 4) is 22.6 Å². The van der Waals surface area contributed by atoms with Crippen LogP contribution in [-0.2, 0) is 6.54 Å². The first-order chi connectivity index (χ1) is 13.7. The summed E-state index contributed by atoms with van der Waals surface area (Å²) in [5.41, 5.74) is 3.93. The monoisotopic (exact) mass is 375 g/mol. The molecule has 0 aliphatic carbocycles. The highest BCUT2D eigenvalue weighted by atomic mass is 16.5. The molecule has 0 fully saturated rings. The number of benzene rings is 2. The Kier molecular flexibility index (Phi) is 4.85. The van der Waals surface area contributed by atoms with Crippen molar-refractivity contribution in [2.75, 3.05) is 13.7 Å². The van der Waals surface area contributed by atoms with E-state index in [9.17, 15) is 4.79 Å². The van der Waals surface area contributed by atoms with Gasteiger partial charge < -0.3 is 9.47 Å². The molecule has 0 saturated heterocycles. The van der Waals surface area contributed by atoms with Crippen LogP contribution in [0.1, 0.15) is 12.5 Å². The van der Waals surface area contributed by atoms with Crippen molar-refractivity contribution in [3.63, 3.8) is 0 Å². The number of methoxy groups -OCH3 is 1. The maximum atomic E-state index is 12.5. The van der Waals surface area contributed by atoms with Crippen molar-refractivity contribution in [2.24, 2.45) is 0 Å². The molecule has 0 saturated carbocycles. The summed E-state index contributed by atoms with van der Waals surface area (Å²) in [5.74, 6) is 1.55. The molecule has 0 bridgehead atoms. The Morgan fingerprint density at radius 3 is 2.79 bits per heavy atom. The summed E-state index contributed by atoms with van der Waals surface area (Å²) in [6.45, 7) is 2.96. The zero-order valence-electron chi connectivity index (χ0n) is 15.8. The van der Waals surface area contributed by atoms with E-state index in [0.29, 0.717) is 18.8 Å². The van der Waals surface area contributed by atoms with Crippen LogP contribution in [0.5, 0.6) is 11.5 Å². The van der Waals surface area contributed by atoms with Gasteiger partial charge in [-0.05, 0) is 36.8 Å². The number of hydrogen-bond acceptors (Lipinski definition) is 4. The number of fused-ring (bicyclic) bond motifs is 1. The summed E-state index contributed by atoms with van der Waals surface area (Å²) in [6.07, 6.45) is 1.76. The molecule has 6 heteroatoms. The second kappa shape index (κ2) is 7.60. The summed E-state index contributed by atoms with van der Waals surface area (Å²) < 4.78 is 12.7. The number of rotatable bonds is 6. The summed E-state index contributed by atoms with van der Waals surface area (Å²) in [5, 5.41) is 0. The smallest absolute Gasteiger partial charge is 0.327 e. The molecule has 0 aliphatic heterocycles. The van der Waals surface area contributed by atoms with E-state index in [2.05, 4.69) is 9.97 Å². The van der Waals surface area contributed by atoms with Gasteiger partial charge >= 0.3 is 5.69 Å². The molecule has 0 radical (unpaired) electrons. The van der Waals surface area contributed by atoms with E-state index < -0.39 is 0 Å². The molecule has 0 spiro atoms. The normalized spacial score (nSPS) is 10.9. The van der Waals surface area contributed by atoms with E-state index in [1.165, 1.54) is 0 Å². The van der Waals surface area contributed by atoms with Crippen LogP contribution in [0, 0.1) is 0 Å². The Bertz CT molecular complexity index is 1180. The van der Waals surface area contributed by atoms with Gasteiger partial charge in [0, 0.05) is 17.3 Å². The maximum Gasteiger partial charge on any atom is 0.327 e. The van der Waals surface area contributed by atoms with Gasteiger partial charge in [0.15, 0.2) is 5.65 Å². The summed E-state index contributed by atoms with van der Waals surface area (Å²) in [4.78, 5) is 19.8. The molecule has 0 unspecified atom stereocenters. The first kappa shape index (κ1) is 17.9. The molecule has 6 nitrogen and oxygen atoms in total. The van der Waals surface area contributed by atoms with Crippen molar-refractivity contribution in [2.45, 2.75) is 13.5 Å². The van der Waals surface area contributed by atoms with E-state index in [-0.39, 0.29) is 5.69 Å². The van der Waals surface area contributed by atoms with Crippen molar-refractivity contribution < 1.29 is 9.47 Å². The highest BCUT2D eigenvalue weighted by Crippen LogP contribution is 2.30. The largest absolute Gasteiger partial charge is 0.497 e. The minimum atomic E-state index is -0.194. The molecule has 2 aromatic carbocycles. The van der Waals surface area contributed by atoms with Crippen LogP contribution < -0.4 is 15.2 Å². The van der Waals surface area contributed by atoms with Gasteiger partial charge in [0.25, 0.3) is 0 Å². The average Bonchev–Trinajstić information content (AvgIpc) is 3.03. The Balaban J connectivity index is 1.79. The number of nitrogens with one attached hydrogen (secondary N) is 1. The molecule has 0 atom stereocenters. The third-order valence-corrected chi connectivity index (χ3v) is 4.60. The van der Waals surface area contributed by atoms with Gasteiger partial charge in [-0.15, -0.1) is 0 Å². The standard InChI is InChI=1S/C22H21N3O3/c1-3-28-20-10-5-4-9-18(20)16-12-19-21(23-13-16)24-22(26)25(19)14-15-7-6-8-17(11-15)27-2/h4-13H,3,14H2,1-2H3,(H,23,24,26). The number of hydrogen-bond donors (Lipinski definition) is 1. The Morgan fingerprint density at radius 2 is 1.96 bits per heavy atom. The average molecular weight is 375 g/mol. The molecule has 0 amide bonds. The quantitative estimate of drug-likeness (QED) is 0.556. The van der Waals surface area contributed by atoms with Crippen LogP contribution in [0.25, 0.3) is 22.3 Å². The van der Waals surface area contributed by atoms with Gasteiger partial charge in [0.05, 0.1) is 25.8 Å². The minimum Gasteiger partial charge on any atom is -0.497 e. The van der Waals surface area contributed by atoms with Crippen molar-refractivity contribution in [1.82, 2.24) is 14.5 Å². The lowest BCUT2D eigenvalue weighted by atomic mass is 10.1. The topological polar surface area (TPSA) is 69.1 Å². The molecule has 2 heterocycles. The van der Waals surface area contributed by atoms with Crippen molar-refractivity contribution in [1.29, 1.82) is 0 Å². The van der Waals surface area contributed by atoms with Crippen LogP contribution in [0.15, 0.2) is 65.6 Å². The van der Waals surface area contributed by atoms with Gasteiger partial charge in [-0.1, -0.05) is 30.3 Å². The van der Waals surface area contributed by atoms with Gasteiger partial charge in [0.2, 0.25) is 0 Å². The molecule has 0 aliphatic rings. The lowest BCUT2D eigenvalue weighted by Crippen LogP contribution is -2.17. The number of nitrogens with zero attached hydrogens (tertiary/aromatic N) is 2. The van der Waals surface area contributed by atoms with Crippen LogP contribution >= 0.6 is 0 Å². The number of imidazole rings is 1. The molecule has 142 valence electrons. The van der Waals surface area contributed by atoms with Gasteiger partial charge in [-0.2, -0.15) is 0 Å². The second-order valence-corrected chi connectivity index (χ2v) is 6.39. The number of pyridine rings is 1. The van der Waals surface area contributed by atoms with E-state index in [4.69, 9.17) is 9.47 Å². The fourth-order valence-electron chi connectivity index (χ4n) is 3.28. The minimum absolute atomic E-state index is 0.194. The molecule has 1 N–H and O–H groups in total. The van der Waals surface area contributed by atoms with E-state index in [1.54, 1.807) is 17.9 Å². The number of aromatic nitrogens is 3. The van der Waals surface area contributed by atoms with Crippen LogP contribution in [0.4, 0.5) is 0 Å². The van der Waals surface area contributed by atoms with E-state index in [0.717, 1.165) is 33.7 Å². The number of aromatic amines is 1. The molecule has 2 aromatic heterocycles. The SMILES string of the molecule is CCOc1ccccc1-c1cnc2[nH]c(=O)n(Cc3cccc(OC)c3)c2c1. The lowest BCUT2D eigenvalue weighted by molar-refractivity contribution is 0.341. The highest BCUT2D eigenvalue weighted by Gasteiger charge is 2.12. The maximum absolute atomic E-state index is 12.5. The number of para-hydroxylation sites is 1. The molecular formula is C22H21N3O3. The van der Waals surface area contributed by atoms with Gasteiger partial charge in [-0.3, -0.25) is 9.55 Å². The summed E-state index contributed by atoms with van der Waals surface area (Å²) in [7, 11) is 1.63. The van der Waals surface area contributed by atoms with Crippen molar-refractivity contribution >= 4 is 11.2 Å². The van der Waals surface area contributed by atoms with E-state index in [1.807, 2.05) is 61.5 Å². The van der Waals surface area contributed by atoms with Gasteiger partial charge in [-0.25, -0.2) is 9.78 Å². The highest BCUT2D eigenvalue weighted by molar-refractivity contribution is 5.80. The number of ether oxygens (including phenoxy) is 2. The van der Waals surface area contributed by atoms with Crippen LogP contribution in [0.3, 0.4) is 0 Å². The predicted octanol–water partition coefficient (Wildman–Crippen LogP) is 3.85. The molecule has 4 aromatic rings. The fraction of sp³-hybridized carbons (Fsp3) is 0.182. The third-order valence-electron chi connectivity index (χ3n) is 4.60. The fourth-order valence-corrected chi connectivity index (χ4v) is 3.28. The molecule has 28 heavy (non-hydrogen) atoms. The predicted molar refractivity (Wildman–Crippen MR) is 109 cm³/mol. The summed E-state index contributed by atoms with van der Waals surface area (Å²) >= 11 is 0. The van der Waals surface area contributed by atoms with Crippen molar-refractivity contribution in [3.05, 3.63) is 76.8 Å². The first-order valence-corrected chi connectivity index (χ1v) is 9.13. The Labute approximate surface area is 162 Å². The van der Waals surface area contributed by atoms with E-state index >= 15 is 0 Å². The zero-order chi connectivity index (χ0) is 19.5. The summed E-state index contributed by atoms with van der Waals surface area (Å²) in [6, 6.07) is 17.5. The second-order valence-electron chi connectivity index (χ2n) is 6.39. The lowest BCUT2D eigenvalue weighted by Gasteiger charge is -2.10. The number of H-pyrrole nitrogens is 1. The zero-order valence-corrected chi connectivity index (χ0v) is 15.8. The molecular weight excluding hydrogens is 354 g/mol. The van der Waals surface area contributed by atoms with Crippen LogP contribution in [-0.4, -0.2) is 28.3 Å². The third kappa shape index (κ3) is 3.36.